The van der Waals surface area contributed by atoms with E-state index in [-0.39, 0.29) is 34.2 Å². The Balaban J connectivity index is 1.85. The van der Waals surface area contributed by atoms with Crippen molar-refractivity contribution >= 4 is 35.4 Å². The van der Waals surface area contributed by atoms with Gasteiger partial charge in [0.25, 0.3) is 5.91 Å². The first kappa shape index (κ1) is 17.7. The van der Waals surface area contributed by atoms with E-state index in [1.807, 2.05) is 0 Å². The Hall–Kier alpha value is -3.13. The lowest BCUT2D eigenvalue weighted by Crippen LogP contribution is -2.34. The molecule has 1 aromatic heterocycles. The van der Waals surface area contributed by atoms with Crippen LogP contribution in [0, 0.1) is 6.92 Å². The molecule has 2 N–H and O–H groups in total. The average molecular weight is 376 g/mol. The van der Waals surface area contributed by atoms with Gasteiger partial charge in [0.15, 0.2) is 0 Å². The van der Waals surface area contributed by atoms with Crippen molar-refractivity contribution in [3.05, 3.63) is 56.6 Å². The second-order valence-corrected chi connectivity index (χ2v) is 5.96. The van der Waals surface area contributed by atoms with Gasteiger partial charge in [-0.05, 0) is 25.1 Å². The third-order valence-electron chi connectivity index (χ3n) is 3.72. The molecule has 0 atom stereocenters. The Labute approximate surface area is 152 Å². The minimum absolute atomic E-state index is 0.0967. The molecule has 3 amide bonds. The maximum absolute atomic E-state index is 12.3. The normalized spacial score (nSPS) is 14.1. The standard InChI is InChI=1S/C17H14ClN3O5/c1-9-6-14(22)12(16(24)26-9)8-20-10-2-3-11(13(18)7-10)15(23)21-5-4-19-17(21)25/h2-3,6-8,22H,4-5H2,1H3,(H,19,25). The van der Waals surface area contributed by atoms with Crippen molar-refractivity contribution in [2.75, 3.05) is 13.1 Å². The van der Waals surface area contributed by atoms with Gasteiger partial charge in [-0.3, -0.25) is 14.7 Å². The zero-order valence-electron chi connectivity index (χ0n) is 13.7. The Bertz CT molecular complexity index is 983. The number of benzene rings is 1. The number of hydrogen-bond acceptors (Lipinski definition) is 6. The number of aryl methyl sites for hydroxylation is 1. The van der Waals surface area contributed by atoms with Gasteiger partial charge in [0, 0.05) is 25.4 Å². The van der Waals surface area contributed by atoms with Crippen LogP contribution in [0.15, 0.2) is 38.5 Å². The van der Waals surface area contributed by atoms with Crippen LogP contribution in [0.25, 0.3) is 0 Å². The van der Waals surface area contributed by atoms with E-state index < -0.39 is 17.6 Å². The fourth-order valence-corrected chi connectivity index (χ4v) is 2.69. The molecule has 0 radical (unpaired) electrons. The van der Waals surface area contributed by atoms with Crippen molar-refractivity contribution in [1.29, 1.82) is 0 Å². The smallest absolute Gasteiger partial charge is 0.348 e. The Morgan fingerprint density at radius 1 is 1.38 bits per heavy atom. The number of aromatic hydroxyl groups is 1. The predicted molar refractivity (Wildman–Crippen MR) is 94.5 cm³/mol. The molecule has 3 rings (SSSR count). The second-order valence-electron chi connectivity index (χ2n) is 5.55. The number of hydrogen-bond donors (Lipinski definition) is 2. The molecule has 0 saturated carbocycles. The lowest BCUT2D eigenvalue weighted by atomic mass is 10.2. The first-order valence-electron chi connectivity index (χ1n) is 7.64. The minimum Gasteiger partial charge on any atom is -0.507 e. The van der Waals surface area contributed by atoms with Gasteiger partial charge in [-0.2, -0.15) is 0 Å². The lowest BCUT2D eigenvalue weighted by Gasteiger charge is -2.13. The molecule has 0 aliphatic carbocycles. The van der Waals surface area contributed by atoms with Gasteiger partial charge in [0.05, 0.1) is 16.3 Å². The third kappa shape index (κ3) is 3.45. The van der Waals surface area contributed by atoms with Crippen molar-refractivity contribution in [2.45, 2.75) is 6.92 Å². The summed E-state index contributed by atoms with van der Waals surface area (Å²) < 4.78 is 4.90. The maximum Gasteiger partial charge on any atom is 0.348 e. The molecular formula is C17H14ClN3O5. The van der Waals surface area contributed by atoms with E-state index in [1.165, 1.54) is 31.2 Å². The topological polar surface area (TPSA) is 112 Å². The molecule has 2 aromatic rings. The monoisotopic (exact) mass is 375 g/mol. The molecule has 1 aliphatic rings. The summed E-state index contributed by atoms with van der Waals surface area (Å²) >= 11 is 6.13. The van der Waals surface area contributed by atoms with Crippen LogP contribution in [0.5, 0.6) is 5.75 Å². The molecule has 0 bridgehead atoms. The summed E-state index contributed by atoms with van der Waals surface area (Å²) in [5.74, 6) is -0.473. The second kappa shape index (κ2) is 7.01. The summed E-state index contributed by atoms with van der Waals surface area (Å²) in [4.78, 5) is 40.8. The molecule has 1 fully saturated rings. The van der Waals surface area contributed by atoms with E-state index in [0.717, 1.165) is 11.1 Å². The Morgan fingerprint density at radius 2 is 2.15 bits per heavy atom. The zero-order valence-corrected chi connectivity index (χ0v) is 14.4. The van der Waals surface area contributed by atoms with Gasteiger partial charge in [-0.25, -0.2) is 9.59 Å². The van der Waals surface area contributed by atoms with Crippen molar-refractivity contribution in [2.24, 2.45) is 4.99 Å². The first-order valence-corrected chi connectivity index (χ1v) is 8.01. The van der Waals surface area contributed by atoms with E-state index in [1.54, 1.807) is 0 Å². The highest BCUT2D eigenvalue weighted by Crippen LogP contribution is 2.25. The zero-order chi connectivity index (χ0) is 18.8. The predicted octanol–water partition coefficient (Wildman–Crippen LogP) is 2.22. The summed E-state index contributed by atoms with van der Waals surface area (Å²) in [5.41, 5.74) is -0.290. The van der Waals surface area contributed by atoms with Crippen LogP contribution < -0.4 is 10.9 Å². The van der Waals surface area contributed by atoms with E-state index >= 15 is 0 Å². The van der Waals surface area contributed by atoms with Crippen molar-refractivity contribution in [3.63, 3.8) is 0 Å². The number of nitrogens with zero attached hydrogens (tertiary/aromatic N) is 2. The summed E-state index contributed by atoms with van der Waals surface area (Å²) in [5, 5.41) is 12.5. The average Bonchev–Trinajstić information content (AvgIpc) is 2.99. The molecule has 1 saturated heterocycles. The van der Waals surface area contributed by atoms with Crippen LogP contribution in [-0.2, 0) is 0 Å². The number of urea groups is 1. The molecule has 2 heterocycles. The van der Waals surface area contributed by atoms with Gasteiger partial charge in [-0.15, -0.1) is 0 Å². The SMILES string of the molecule is Cc1cc(O)c(C=Nc2ccc(C(=O)N3CCNC3=O)c(Cl)c2)c(=O)o1. The molecule has 8 nitrogen and oxygen atoms in total. The molecule has 9 heteroatoms. The number of imide groups is 1. The Kier molecular flexibility index (Phi) is 4.77. The lowest BCUT2D eigenvalue weighted by molar-refractivity contribution is 0.0829. The molecule has 0 spiro atoms. The van der Waals surface area contributed by atoms with Crippen LogP contribution in [-0.4, -0.2) is 41.2 Å². The maximum atomic E-state index is 12.3. The number of aliphatic imine (C=N–C) groups is 1. The van der Waals surface area contributed by atoms with Crippen LogP contribution >= 0.6 is 11.6 Å². The molecule has 1 aliphatic heterocycles. The van der Waals surface area contributed by atoms with Gasteiger partial charge in [0.1, 0.15) is 17.1 Å². The number of rotatable bonds is 3. The number of halogens is 1. The van der Waals surface area contributed by atoms with Gasteiger partial charge >= 0.3 is 11.7 Å². The first-order chi connectivity index (χ1) is 12.4. The van der Waals surface area contributed by atoms with E-state index in [4.69, 9.17) is 16.0 Å². The fraction of sp³-hybridized carbons (Fsp3) is 0.176. The van der Waals surface area contributed by atoms with Crippen LogP contribution in [0.2, 0.25) is 5.02 Å². The van der Waals surface area contributed by atoms with E-state index in [2.05, 4.69) is 10.3 Å². The highest BCUT2D eigenvalue weighted by molar-refractivity contribution is 6.34. The number of nitrogens with one attached hydrogen (secondary N) is 1. The third-order valence-corrected chi connectivity index (χ3v) is 4.03. The highest BCUT2D eigenvalue weighted by atomic mass is 35.5. The van der Waals surface area contributed by atoms with Gasteiger partial charge in [-0.1, -0.05) is 11.6 Å². The minimum atomic E-state index is -0.718. The largest absolute Gasteiger partial charge is 0.507 e. The van der Waals surface area contributed by atoms with Crippen LogP contribution in [0.4, 0.5) is 10.5 Å². The van der Waals surface area contributed by atoms with Crippen molar-refractivity contribution < 1.29 is 19.1 Å². The summed E-state index contributed by atoms with van der Waals surface area (Å²) in [6.45, 7) is 2.21. The molecule has 1 aromatic carbocycles. The number of carbonyl (C=O) groups is 2. The van der Waals surface area contributed by atoms with Gasteiger partial charge in [0.2, 0.25) is 0 Å². The quantitative estimate of drug-likeness (QED) is 0.799. The van der Waals surface area contributed by atoms with Crippen molar-refractivity contribution in [1.82, 2.24) is 10.2 Å². The number of carbonyl (C=O) groups excluding carboxylic acids is 2. The summed E-state index contributed by atoms with van der Waals surface area (Å²) in [6, 6.07) is 5.22. The van der Waals surface area contributed by atoms with Crippen LogP contribution in [0.1, 0.15) is 21.7 Å². The molecule has 134 valence electrons. The van der Waals surface area contributed by atoms with Crippen LogP contribution in [0.3, 0.4) is 0 Å². The van der Waals surface area contributed by atoms with Gasteiger partial charge < -0.3 is 14.8 Å². The summed E-state index contributed by atoms with van der Waals surface area (Å²) in [7, 11) is 0. The molecule has 26 heavy (non-hydrogen) atoms. The molecular weight excluding hydrogens is 362 g/mol. The van der Waals surface area contributed by atoms with Crippen molar-refractivity contribution in [3.8, 4) is 5.75 Å². The Morgan fingerprint density at radius 3 is 2.77 bits per heavy atom. The molecule has 0 unspecified atom stereocenters. The fourth-order valence-electron chi connectivity index (χ4n) is 2.43. The van der Waals surface area contributed by atoms with E-state index in [0.29, 0.717) is 12.2 Å². The number of amides is 3. The van der Waals surface area contributed by atoms with E-state index in [9.17, 15) is 19.5 Å². The highest BCUT2D eigenvalue weighted by Gasteiger charge is 2.28. The summed E-state index contributed by atoms with van der Waals surface area (Å²) in [6.07, 6.45) is 1.15.